The van der Waals surface area contributed by atoms with E-state index in [1.807, 2.05) is 6.07 Å². The Morgan fingerprint density at radius 3 is 1.54 bits per heavy atom. The first-order chi connectivity index (χ1) is 13.5. The molecule has 0 saturated heterocycles. The third-order valence-corrected chi connectivity index (χ3v) is 3.91. The fourth-order valence-corrected chi connectivity index (χ4v) is 2.24. The molecule has 6 heteroatoms. The van der Waals surface area contributed by atoms with Gasteiger partial charge < -0.3 is 25.5 Å². The van der Waals surface area contributed by atoms with Crippen molar-refractivity contribution in [3.63, 3.8) is 0 Å². The fraction of sp³-hybridized carbons (Fsp3) is 0.182. The highest BCUT2D eigenvalue weighted by atomic mass is 32.1. The van der Waals surface area contributed by atoms with Gasteiger partial charge >= 0.3 is 0 Å². The Morgan fingerprint density at radius 1 is 0.607 bits per heavy atom. The molecule has 0 aromatic heterocycles. The zero-order valence-electron chi connectivity index (χ0n) is 15.4. The summed E-state index contributed by atoms with van der Waals surface area (Å²) in [5, 5.41) is 43.6. The van der Waals surface area contributed by atoms with Gasteiger partial charge in [0.05, 0.1) is 6.61 Å². The Hall–Kier alpha value is -2.67. The highest BCUT2D eigenvalue weighted by Crippen LogP contribution is 2.12. The second-order valence-corrected chi connectivity index (χ2v) is 6.11. The van der Waals surface area contributed by atoms with Crippen molar-refractivity contribution in [3.8, 4) is 17.2 Å². The molecular formula is C22H26O5S. The van der Waals surface area contributed by atoms with Gasteiger partial charge in [0.15, 0.2) is 0 Å². The first-order valence-electron chi connectivity index (χ1n) is 8.64. The largest absolute Gasteiger partial charge is 0.508 e. The zero-order valence-corrected chi connectivity index (χ0v) is 16.3. The van der Waals surface area contributed by atoms with Gasteiger partial charge in [-0.05, 0) is 59.5 Å². The summed E-state index contributed by atoms with van der Waals surface area (Å²) in [5.41, 5.74) is 2.89. The molecule has 0 heterocycles. The number of benzene rings is 3. The maximum Gasteiger partial charge on any atom is 0.115 e. The third kappa shape index (κ3) is 9.87. The van der Waals surface area contributed by atoms with E-state index in [1.165, 1.54) is 0 Å². The molecule has 0 saturated carbocycles. The van der Waals surface area contributed by atoms with Crippen molar-refractivity contribution >= 4 is 12.6 Å². The minimum absolute atomic E-state index is 0.0281. The second kappa shape index (κ2) is 13.5. The lowest BCUT2D eigenvalue weighted by Crippen LogP contribution is -1.88. The van der Waals surface area contributed by atoms with Gasteiger partial charge in [-0.15, -0.1) is 0 Å². The summed E-state index contributed by atoms with van der Waals surface area (Å²) < 4.78 is 0. The van der Waals surface area contributed by atoms with Crippen LogP contribution in [0.1, 0.15) is 16.7 Å². The average molecular weight is 403 g/mol. The molecule has 150 valence electrons. The van der Waals surface area contributed by atoms with Gasteiger partial charge in [-0.3, -0.25) is 0 Å². The normalized spacial score (nSPS) is 9.54. The van der Waals surface area contributed by atoms with Gasteiger partial charge in [-0.25, -0.2) is 0 Å². The number of thiol groups is 1. The van der Waals surface area contributed by atoms with Crippen LogP contribution in [-0.4, -0.2) is 32.1 Å². The minimum atomic E-state index is 0.0281. The number of aliphatic hydroxyl groups is 2. The number of aliphatic hydroxyl groups excluding tert-OH is 2. The molecule has 0 fully saturated rings. The maximum absolute atomic E-state index is 8.91. The molecule has 3 rings (SSSR count). The van der Waals surface area contributed by atoms with Crippen LogP contribution in [0.3, 0.4) is 0 Å². The van der Waals surface area contributed by atoms with E-state index in [9.17, 15) is 0 Å². The van der Waals surface area contributed by atoms with Crippen molar-refractivity contribution in [2.75, 3.05) is 6.61 Å². The van der Waals surface area contributed by atoms with Crippen LogP contribution in [0.15, 0.2) is 72.8 Å². The summed E-state index contributed by atoms with van der Waals surface area (Å²) in [7, 11) is 0. The summed E-state index contributed by atoms with van der Waals surface area (Å²) in [6.45, 7) is 0.186. The molecule has 3 aromatic rings. The summed E-state index contributed by atoms with van der Waals surface area (Å²) in [6.07, 6.45) is 0.653. The lowest BCUT2D eigenvalue weighted by molar-refractivity contribution is 0.281. The van der Waals surface area contributed by atoms with E-state index in [1.54, 1.807) is 66.7 Å². The number of aromatic hydroxyl groups is 3. The predicted octanol–water partition coefficient (Wildman–Crippen LogP) is 3.63. The Morgan fingerprint density at radius 2 is 1.14 bits per heavy atom. The van der Waals surface area contributed by atoms with Crippen molar-refractivity contribution in [2.24, 2.45) is 0 Å². The van der Waals surface area contributed by atoms with Crippen LogP contribution < -0.4 is 0 Å². The molecule has 28 heavy (non-hydrogen) atoms. The molecule has 5 N–H and O–H groups in total. The summed E-state index contributed by atoms with van der Waals surface area (Å²) in [5.74, 6) is 1.48. The number of rotatable bonds is 4. The van der Waals surface area contributed by atoms with Crippen molar-refractivity contribution in [2.45, 2.75) is 18.8 Å². The van der Waals surface area contributed by atoms with Gasteiger partial charge in [0.25, 0.3) is 0 Å². The number of hydrogen-bond donors (Lipinski definition) is 6. The van der Waals surface area contributed by atoms with Crippen LogP contribution >= 0.6 is 12.6 Å². The maximum atomic E-state index is 8.91. The van der Waals surface area contributed by atoms with E-state index in [4.69, 9.17) is 25.5 Å². The van der Waals surface area contributed by atoms with Crippen LogP contribution in [0.25, 0.3) is 0 Å². The van der Waals surface area contributed by atoms with Crippen LogP contribution in [0.2, 0.25) is 0 Å². The van der Waals surface area contributed by atoms with E-state index in [2.05, 4.69) is 12.6 Å². The first kappa shape index (κ1) is 23.4. The molecule has 0 aliphatic rings. The quantitative estimate of drug-likeness (QED) is 0.374. The second-order valence-electron chi connectivity index (χ2n) is 5.79. The van der Waals surface area contributed by atoms with E-state index < -0.39 is 0 Å². The molecule has 0 unspecified atom stereocenters. The van der Waals surface area contributed by atoms with E-state index >= 15 is 0 Å². The molecule has 0 bridgehead atoms. The number of hydrogen-bond acceptors (Lipinski definition) is 6. The van der Waals surface area contributed by atoms with Gasteiger partial charge in [0.1, 0.15) is 17.2 Å². The van der Waals surface area contributed by atoms with E-state index in [0.29, 0.717) is 17.9 Å². The van der Waals surface area contributed by atoms with Crippen LogP contribution in [0, 0.1) is 0 Å². The van der Waals surface area contributed by atoms with Crippen molar-refractivity contribution < 1.29 is 25.5 Å². The standard InChI is InChI=1S/C8H10O2.C7H8O2.C7H8OS/c9-6-5-7-1-3-8(10)4-2-7;8-5-6-1-3-7(9)4-2-6;8-7-3-1-2-6(4-7)5-9/h1-4,9-10H,5-6H2;2*1-4,8-9H,5H2. The lowest BCUT2D eigenvalue weighted by atomic mass is 10.2. The zero-order chi connectivity index (χ0) is 20.8. The monoisotopic (exact) mass is 402 g/mol. The van der Waals surface area contributed by atoms with Gasteiger partial charge in [0, 0.05) is 12.4 Å². The van der Waals surface area contributed by atoms with Crippen LogP contribution in [-0.2, 0) is 18.8 Å². The van der Waals surface area contributed by atoms with Crippen molar-refractivity contribution in [3.05, 3.63) is 89.5 Å². The summed E-state index contributed by atoms with van der Waals surface area (Å²) in [4.78, 5) is 0. The molecule has 0 aliphatic heterocycles. The third-order valence-electron chi connectivity index (χ3n) is 3.55. The molecule has 0 atom stereocenters. The summed E-state index contributed by atoms with van der Waals surface area (Å²) in [6, 6.07) is 20.3. The van der Waals surface area contributed by atoms with Gasteiger partial charge in [0.2, 0.25) is 0 Å². The van der Waals surface area contributed by atoms with Crippen LogP contribution in [0.4, 0.5) is 0 Å². The SMILES string of the molecule is OCCc1ccc(O)cc1.OCc1ccc(O)cc1.Oc1cccc(CS)c1. The number of phenolic OH excluding ortho intramolecular Hbond substituents is 3. The topological polar surface area (TPSA) is 101 Å². The molecule has 0 spiro atoms. The van der Waals surface area contributed by atoms with Crippen molar-refractivity contribution in [1.82, 2.24) is 0 Å². The fourth-order valence-electron chi connectivity index (χ4n) is 2.05. The molecular weight excluding hydrogens is 376 g/mol. The molecule has 5 nitrogen and oxygen atoms in total. The Labute approximate surface area is 170 Å². The highest BCUT2D eigenvalue weighted by Gasteiger charge is 1.90. The molecule has 3 aromatic carbocycles. The van der Waals surface area contributed by atoms with Crippen LogP contribution in [0.5, 0.6) is 17.2 Å². The Balaban J connectivity index is 0.000000210. The van der Waals surface area contributed by atoms with E-state index in [-0.39, 0.29) is 24.7 Å². The Bertz CT molecular complexity index is 789. The van der Waals surface area contributed by atoms with Gasteiger partial charge in [-0.2, -0.15) is 12.6 Å². The smallest absolute Gasteiger partial charge is 0.115 e. The van der Waals surface area contributed by atoms with Crippen molar-refractivity contribution in [1.29, 1.82) is 0 Å². The average Bonchev–Trinajstić information content (AvgIpc) is 2.71. The lowest BCUT2D eigenvalue weighted by Gasteiger charge is -1.96. The predicted molar refractivity (Wildman–Crippen MR) is 114 cm³/mol. The summed E-state index contributed by atoms with van der Waals surface area (Å²) >= 11 is 4.05. The highest BCUT2D eigenvalue weighted by molar-refractivity contribution is 7.79. The first-order valence-corrected chi connectivity index (χ1v) is 9.28. The van der Waals surface area contributed by atoms with E-state index in [0.717, 1.165) is 16.7 Å². The minimum Gasteiger partial charge on any atom is -0.508 e. The Kier molecular flexibility index (Phi) is 11.3. The molecule has 0 radical (unpaired) electrons. The van der Waals surface area contributed by atoms with Gasteiger partial charge in [-0.1, -0.05) is 36.4 Å². The molecule has 0 amide bonds. The molecule has 0 aliphatic carbocycles. The number of phenols is 3.